The molecular formula is C54H75Br3N16O10. The van der Waals surface area contributed by atoms with Gasteiger partial charge in [0.15, 0.2) is 33.5 Å². The third-order valence-corrected chi connectivity index (χ3v) is 14.0. The van der Waals surface area contributed by atoms with E-state index in [9.17, 15) is 28.8 Å². The monoisotopic (exact) mass is 1340 g/mol. The fraction of sp³-hybridized carbons (Fsp3) is 0.500. The Morgan fingerprint density at radius 1 is 0.446 bits per heavy atom. The molecule has 452 valence electrons. The average Bonchev–Trinajstić information content (AvgIpc) is 3.85. The Hall–Kier alpha value is -7.27. The number of imidazole rings is 3. The topological polar surface area (TPSA) is 300 Å². The van der Waals surface area contributed by atoms with Crippen molar-refractivity contribution in [3.05, 3.63) is 152 Å². The number of H-pyrrole nitrogens is 1. The quantitative estimate of drug-likeness (QED) is 0.0735. The van der Waals surface area contributed by atoms with Crippen molar-refractivity contribution >= 4 is 81.3 Å². The van der Waals surface area contributed by atoms with E-state index in [-0.39, 0.29) is 29.9 Å². The molecule has 0 radical (unpaired) electrons. The molecule has 0 aromatic carbocycles. The van der Waals surface area contributed by atoms with Gasteiger partial charge in [-0.15, -0.1) is 0 Å². The first-order chi connectivity index (χ1) is 39.1. The molecule has 26 nitrogen and oxygen atoms in total. The summed E-state index contributed by atoms with van der Waals surface area (Å²) in [6.07, 6.45) is 13.7. The van der Waals surface area contributed by atoms with Crippen LogP contribution >= 0.6 is 47.8 Å². The SMILES string of the molecule is BrCCCBr.C.Cc1cc(C)on1.Cc1cc(CCCCBr)on1.Cc1cc(CCCCn2c(=O)c3c(ncn3C)n(C)c2=O)on1.Cc1cc(CCCCn2c(=O)c3c(ncn3C)n(C)c2=O)on1.Cn1cnc2c1c(=O)[nH]c(=O)n2C. The Morgan fingerprint density at radius 2 is 0.795 bits per heavy atom. The van der Waals surface area contributed by atoms with E-state index in [0.717, 1.165) is 93.9 Å². The van der Waals surface area contributed by atoms with E-state index in [2.05, 4.69) is 88.4 Å². The number of nitrogens with zero attached hydrogens (tertiary/aromatic N) is 15. The maximum atomic E-state index is 12.5. The van der Waals surface area contributed by atoms with Crippen molar-refractivity contribution in [3.8, 4) is 0 Å². The molecule has 10 aromatic rings. The van der Waals surface area contributed by atoms with Gasteiger partial charge in [-0.2, -0.15) is 0 Å². The van der Waals surface area contributed by atoms with Gasteiger partial charge in [-0.3, -0.25) is 42.2 Å². The fourth-order valence-corrected chi connectivity index (χ4v) is 9.83. The van der Waals surface area contributed by atoms with E-state index in [0.29, 0.717) is 59.4 Å². The molecule has 10 rings (SSSR count). The molecule has 0 fully saturated rings. The summed E-state index contributed by atoms with van der Waals surface area (Å²) >= 11 is 9.94. The molecule has 0 unspecified atom stereocenters. The van der Waals surface area contributed by atoms with Gasteiger partial charge in [0.2, 0.25) is 0 Å². The minimum Gasteiger partial charge on any atom is -0.361 e. The summed E-state index contributed by atoms with van der Waals surface area (Å²) in [5, 5.41) is 18.4. The standard InChI is InChI=1S/2C15H19N5O3.C8H12BrNO.C7H8N4O2.C5H7NO.C3H6Br2.CH4/c2*1-10-8-11(23-17-10)6-4-5-7-20-14(21)12-13(16-9-18(12)2)19(3)15(20)22;1-7-6-8(11-10-7)4-2-3-5-9;1-10-3-8-5-4(10)6(12)9-7(13)11(5)2;1-4-3-5(2)7-6-4;4-2-1-3-5;/h2*8-9H,4-7H2,1-3H3;6H,2-5H2,1H3;3H,1-2H3,(H,9,12,13);3H,1-2H3;1-3H2;1H4. The summed E-state index contributed by atoms with van der Waals surface area (Å²) in [5.74, 6) is 3.52. The Morgan fingerprint density at radius 3 is 1.11 bits per heavy atom. The first-order valence-corrected chi connectivity index (χ1v) is 29.6. The van der Waals surface area contributed by atoms with Crippen molar-refractivity contribution in [2.45, 2.75) is 119 Å². The number of unbranched alkanes of at least 4 members (excludes halogenated alkanes) is 3. The molecule has 0 atom stereocenters. The van der Waals surface area contributed by atoms with Crippen LogP contribution in [0.5, 0.6) is 0 Å². The number of nitrogens with one attached hydrogen (secondary N) is 1. The smallest absolute Gasteiger partial charge is 0.332 e. The van der Waals surface area contributed by atoms with Gasteiger partial charge >= 0.3 is 17.1 Å². The lowest BCUT2D eigenvalue weighted by Crippen LogP contribution is -2.39. The van der Waals surface area contributed by atoms with E-state index in [1.54, 1.807) is 68.6 Å². The second-order valence-electron chi connectivity index (χ2n) is 19.2. The van der Waals surface area contributed by atoms with Crippen LogP contribution < -0.4 is 33.7 Å². The number of fused-ring (bicyclic) bond motifs is 3. The molecule has 10 aromatic heterocycles. The Balaban J connectivity index is 0.000000229. The van der Waals surface area contributed by atoms with Crippen molar-refractivity contribution in [1.29, 1.82) is 0 Å². The van der Waals surface area contributed by atoms with Gasteiger partial charge in [0, 0.05) is 115 Å². The second kappa shape index (κ2) is 33.1. The largest absolute Gasteiger partial charge is 0.361 e. The summed E-state index contributed by atoms with van der Waals surface area (Å²) < 4.78 is 31.6. The molecule has 1 N–H and O–H groups in total. The van der Waals surface area contributed by atoms with Crippen LogP contribution in [0, 0.1) is 34.6 Å². The van der Waals surface area contributed by atoms with Gasteiger partial charge in [0.1, 0.15) is 23.0 Å². The summed E-state index contributed by atoms with van der Waals surface area (Å²) in [4.78, 5) is 86.5. The van der Waals surface area contributed by atoms with E-state index in [1.165, 1.54) is 48.4 Å². The summed E-state index contributed by atoms with van der Waals surface area (Å²) in [7, 11) is 10.0. The molecule has 0 aliphatic carbocycles. The molecule has 0 aliphatic heterocycles. The fourth-order valence-electron chi connectivity index (χ4n) is 8.12. The number of aryl methyl sites for hydroxylation is 14. The minimum atomic E-state index is -0.448. The van der Waals surface area contributed by atoms with E-state index in [4.69, 9.17) is 18.1 Å². The molecule has 0 saturated heterocycles. The first kappa shape index (κ1) is 68.2. The van der Waals surface area contributed by atoms with Gasteiger partial charge in [-0.05, 0) is 79.6 Å². The Labute approximate surface area is 502 Å². The predicted octanol–water partition coefficient (Wildman–Crippen LogP) is 7.26. The average molecular weight is 1350 g/mol. The lowest BCUT2D eigenvalue weighted by molar-refractivity contribution is 0.374. The highest BCUT2D eigenvalue weighted by molar-refractivity contribution is 9.09. The second-order valence-corrected chi connectivity index (χ2v) is 21.6. The first-order valence-electron chi connectivity index (χ1n) is 26.3. The number of hydrogen-bond donors (Lipinski definition) is 1. The third-order valence-electron chi connectivity index (χ3n) is 12.3. The zero-order valence-electron chi connectivity index (χ0n) is 48.1. The number of aromatic nitrogens is 16. The maximum absolute atomic E-state index is 12.5. The highest BCUT2D eigenvalue weighted by Crippen LogP contribution is 2.11. The molecule has 0 spiro atoms. The van der Waals surface area contributed by atoms with Gasteiger partial charge in [0.05, 0.1) is 41.8 Å². The van der Waals surface area contributed by atoms with E-state index in [1.807, 2.05) is 58.9 Å². The molecular weight excluding hydrogens is 1270 g/mol. The molecule has 29 heteroatoms. The minimum absolute atomic E-state index is 0. The number of aromatic amines is 1. The van der Waals surface area contributed by atoms with Crippen molar-refractivity contribution in [2.75, 3.05) is 16.0 Å². The zero-order chi connectivity index (χ0) is 60.2. The lowest BCUT2D eigenvalue weighted by Gasteiger charge is -2.08. The number of alkyl halides is 3. The molecule has 10 heterocycles. The van der Waals surface area contributed by atoms with E-state index < -0.39 is 11.2 Å². The number of halogens is 3. The van der Waals surface area contributed by atoms with Gasteiger partial charge < -0.3 is 31.8 Å². The highest BCUT2D eigenvalue weighted by Gasteiger charge is 2.17. The third kappa shape index (κ3) is 18.9. The van der Waals surface area contributed by atoms with Crippen LogP contribution in [0.1, 0.15) is 98.2 Å². The van der Waals surface area contributed by atoms with Crippen molar-refractivity contribution < 1.29 is 18.1 Å². The summed E-state index contributed by atoms with van der Waals surface area (Å²) in [6.45, 7) is 10.2. The molecule has 0 saturated carbocycles. The number of rotatable bonds is 16. The van der Waals surface area contributed by atoms with Crippen molar-refractivity contribution in [2.24, 2.45) is 42.3 Å². The van der Waals surface area contributed by atoms with Crippen LogP contribution in [0.2, 0.25) is 0 Å². The van der Waals surface area contributed by atoms with Crippen LogP contribution in [0.3, 0.4) is 0 Å². The Bertz CT molecular complexity index is 3830. The van der Waals surface area contributed by atoms with Gasteiger partial charge in [-0.25, -0.2) is 29.3 Å². The molecule has 0 amide bonds. The molecule has 83 heavy (non-hydrogen) atoms. The summed E-state index contributed by atoms with van der Waals surface area (Å²) in [6, 6.07) is 7.67. The van der Waals surface area contributed by atoms with Crippen LogP contribution in [0.4, 0.5) is 0 Å². The van der Waals surface area contributed by atoms with Crippen molar-refractivity contribution in [1.82, 2.24) is 77.1 Å². The van der Waals surface area contributed by atoms with Crippen LogP contribution in [-0.2, 0) is 74.6 Å². The summed E-state index contributed by atoms with van der Waals surface area (Å²) in [5.41, 5.74) is 4.02. The van der Waals surface area contributed by atoms with Crippen LogP contribution in [-0.4, -0.2) is 93.1 Å². The lowest BCUT2D eigenvalue weighted by atomic mass is 10.2. The molecule has 0 aliphatic rings. The maximum Gasteiger partial charge on any atom is 0.332 e. The zero-order valence-corrected chi connectivity index (χ0v) is 52.8. The molecule has 0 bridgehead atoms. The highest BCUT2D eigenvalue weighted by atomic mass is 79.9. The van der Waals surface area contributed by atoms with Crippen molar-refractivity contribution in [3.63, 3.8) is 0 Å². The van der Waals surface area contributed by atoms with Gasteiger partial charge in [0.25, 0.3) is 16.7 Å². The Kier molecular flexibility index (Phi) is 27.2. The van der Waals surface area contributed by atoms with Crippen LogP contribution in [0.25, 0.3) is 33.5 Å². The normalized spacial score (nSPS) is 10.7. The van der Waals surface area contributed by atoms with E-state index >= 15 is 0 Å². The van der Waals surface area contributed by atoms with Crippen LogP contribution in [0.15, 0.2) is 90.1 Å². The van der Waals surface area contributed by atoms with Gasteiger partial charge in [-0.1, -0.05) is 75.8 Å². The number of hydrogen-bond acceptors (Lipinski definition) is 17. The predicted molar refractivity (Wildman–Crippen MR) is 328 cm³/mol.